The lowest BCUT2D eigenvalue weighted by Gasteiger charge is -1.94. The number of hydrogen-bond acceptors (Lipinski definition) is 2. The molecule has 0 bridgehead atoms. The topological polar surface area (TPSA) is 29.3 Å². The Morgan fingerprint density at radius 2 is 2.36 bits per heavy atom. The molecule has 1 N–H and O–H groups in total. The van der Waals surface area contributed by atoms with Crippen LogP contribution in [0.1, 0.15) is 0 Å². The van der Waals surface area contributed by atoms with Gasteiger partial charge in [0.25, 0.3) is 0 Å². The van der Waals surface area contributed by atoms with E-state index in [1.165, 1.54) is 0 Å². The average Bonchev–Trinajstić information content (AvgIpc) is 2.47. The number of nitrogens with zero attached hydrogens (tertiary/aromatic N) is 2. The van der Waals surface area contributed by atoms with E-state index >= 15 is 0 Å². The van der Waals surface area contributed by atoms with Gasteiger partial charge in [-0.3, -0.25) is 0 Å². The lowest BCUT2D eigenvalue weighted by molar-refractivity contribution is 0.961. The van der Waals surface area contributed by atoms with Crippen LogP contribution in [0.2, 0.25) is 0 Å². The third-order valence-corrected chi connectivity index (χ3v) is 1.70. The Hall–Kier alpha value is -1.51. The van der Waals surface area contributed by atoms with Crippen molar-refractivity contribution in [3.8, 4) is 0 Å². The first-order valence-electron chi connectivity index (χ1n) is 3.52. The van der Waals surface area contributed by atoms with Gasteiger partial charge in [0.05, 0.1) is 17.4 Å². The highest BCUT2D eigenvalue weighted by Crippen LogP contribution is 2.13. The monoisotopic (exact) mass is 147 g/mol. The molecule has 11 heavy (non-hydrogen) atoms. The molecule has 2 aromatic rings. The molecule has 0 amide bonds. The van der Waals surface area contributed by atoms with Crippen LogP contribution in [0.3, 0.4) is 0 Å². The van der Waals surface area contributed by atoms with Crippen molar-refractivity contribution >= 4 is 11.2 Å². The highest BCUT2D eigenvalue weighted by atomic mass is 15.2. The zero-order chi connectivity index (χ0) is 7.68. The normalized spacial score (nSPS) is 10.3. The van der Waals surface area contributed by atoms with E-state index in [2.05, 4.69) is 10.4 Å². The van der Waals surface area contributed by atoms with Gasteiger partial charge in [-0.15, -0.1) is 0 Å². The van der Waals surface area contributed by atoms with Crippen molar-refractivity contribution in [2.75, 3.05) is 12.4 Å². The van der Waals surface area contributed by atoms with Crippen LogP contribution < -0.4 is 5.32 Å². The molecule has 2 aromatic heterocycles. The number of rotatable bonds is 1. The van der Waals surface area contributed by atoms with Gasteiger partial charge in [0, 0.05) is 13.2 Å². The van der Waals surface area contributed by atoms with Crippen LogP contribution in [0.25, 0.3) is 5.52 Å². The quantitative estimate of drug-likeness (QED) is 0.660. The summed E-state index contributed by atoms with van der Waals surface area (Å²) in [6.07, 6.45) is 3.74. The SMILES string of the molecule is CNc1cnn2ccccc12. The first kappa shape index (κ1) is 6.22. The minimum absolute atomic E-state index is 1.06. The van der Waals surface area contributed by atoms with Gasteiger partial charge in [0.15, 0.2) is 0 Å². The van der Waals surface area contributed by atoms with E-state index in [4.69, 9.17) is 0 Å². The zero-order valence-electron chi connectivity index (χ0n) is 6.28. The molecule has 0 aliphatic rings. The Morgan fingerprint density at radius 3 is 3.18 bits per heavy atom. The number of fused-ring (bicyclic) bond motifs is 1. The van der Waals surface area contributed by atoms with E-state index in [0.29, 0.717) is 0 Å². The Labute approximate surface area is 64.7 Å². The largest absolute Gasteiger partial charge is 0.385 e. The predicted octanol–water partition coefficient (Wildman–Crippen LogP) is 1.38. The summed E-state index contributed by atoms with van der Waals surface area (Å²) in [6.45, 7) is 0. The molecular formula is C8H9N3. The highest BCUT2D eigenvalue weighted by Gasteiger charge is 1.97. The summed E-state index contributed by atoms with van der Waals surface area (Å²) in [6, 6.07) is 5.98. The standard InChI is InChI=1S/C8H9N3/c1-9-7-6-10-11-5-3-2-4-8(7)11/h2-6,9H,1H3. The van der Waals surface area contributed by atoms with Crippen LogP contribution in [-0.4, -0.2) is 16.7 Å². The summed E-state index contributed by atoms with van der Waals surface area (Å²) in [5.74, 6) is 0. The van der Waals surface area contributed by atoms with Crippen molar-refractivity contribution in [2.45, 2.75) is 0 Å². The molecule has 0 saturated carbocycles. The maximum atomic E-state index is 4.14. The number of hydrogen-bond donors (Lipinski definition) is 1. The van der Waals surface area contributed by atoms with Crippen molar-refractivity contribution in [2.24, 2.45) is 0 Å². The lowest BCUT2D eigenvalue weighted by Crippen LogP contribution is -1.87. The van der Waals surface area contributed by atoms with E-state index in [1.54, 1.807) is 0 Å². The van der Waals surface area contributed by atoms with Crippen LogP contribution in [0.5, 0.6) is 0 Å². The lowest BCUT2D eigenvalue weighted by atomic mass is 10.4. The molecule has 2 heterocycles. The fourth-order valence-electron chi connectivity index (χ4n) is 1.13. The summed E-state index contributed by atoms with van der Waals surface area (Å²) in [5.41, 5.74) is 2.17. The molecule has 0 spiro atoms. The van der Waals surface area contributed by atoms with Crippen molar-refractivity contribution in [3.05, 3.63) is 30.6 Å². The third-order valence-electron chi connectivity index (χ3n) is 1.70. The van der Waals surface area contributed by atoms with Crippen molar-refractivity contribution in [1.82, 2.24) is 9.61 Å². The maximum absolute atomic E-state index is 4.14. The second-order valence-corrected chi connectivity index (χ2v) is 2.34. The summed E-state index contributed by atoms with van der Waals surface area (Å²) in [7, 11) is 1.89. The van der Waals surface area contributed by atoms with Crippen LogP contribution in [0.15, 0.2) is 30.6 Å². The zero-order valence-corrected chi connectivity index (χ0v) is 6.28. The Bertz CT molecular complexity index is 364. The second kappa shape index (κ2) is 2.27. The molecule has 3 heteroatoms. The Morgan fingerprint density at radius 1 is 1.45 bits per heavy atom. The van der Waals surface area contributed by atoms with Crippen molar-refractivity contribution in [1.29, 1.82) is 0 Å². The van der Waals surface area contributed by atoms with Gasteiger partial charge < -0.3 is 5.32 Å². The molecule has 0 fully saturated rings. The van der Waals surface area contributed by atoms with Gasteiger partial charge in [0.1, 0.15) is 0 Å². The number of anilines is 1. The summed E-state index contributed by atoms with van der Waals surface area (Å²) < 4.78 is 1.84. The molecule has 0 aliphatic heterocycles. The fraction of sp³-hybridized carbons (Fsp3) is 0.125. The van der Waals surface area contributed by atoms with Crippen LogP contribution in [0.4, 0.5) is 5.69 Å². The van der Waals surface area contributed by atoms with Crippen LogP contribution in [-0.2, 0) is 0 Å². The minimum atomic E-state index is 1.06. The van der Waals surface area contributed by atoms with E-state index in [0.717, 1.165) is 11.2 Å². The molecular weight excluding hydrogens is 138 g/mol. The van der Waals surface area contributed by atoms with Gasteiger partial charge >= 0.3 is 0 Å². The van der Waals surface area contributed by atoms with Crippen LogP contribution in [0, 0.1) is 0 Å². The van der Waals surface area contributed by atoms with Crippen LogP contribution >= 0.6 is 0 Å². The first-order chi connectivity index (χ1) is 5.42. The van der Waals surface area contributed by atoms with Gasteiger partial charge in [-0.05, 0) is 12.1 Å². The van der Waals surface area contributed by atoms with Gasteiger partial charge in [-0.25, -0.2) is 4.52 Å². The van der Waals surface area contributed by atoms with E-state index < -0.39 is 0 Å². The summed E-state index contributed by atoms with van der Waals surface area (Å²) in [4.78, 5) is 0. The Balaban J connectivity index is 2.76. The molecule has 0 unspecified atom stereocenters. The van der Waals surface area contributed by atoms with E-state index in [9.17, 15) is 0 Å². The fourth-order valence-corrected chi connectivity index (χ4v) is 1.13. The number of pyridine rings is 1. The number of nitrogens with one attached hydrogen (secondary N) is 1. The van der Waals surface area contributed by atoms with Gasteiger partial charge in [-0.1, -0.05) is 6.07 Å². The first-order valence-corrected chi connectivity index (χ1v) is 3.52. The third kappa shape index (κ3) is 0.852. The molecule has 56 valence electrons. The van der Waals surface area contributed by atoms with E-state index in [1.807, 2.05) is 42.2 Å². The van der Waals surface area contributed by atoms with Crippen molar-refractivity contribution in [3.63, 3.8) is 0 Å². The average molecular weight is 147 g/mol. The summed E-state index contributed by atoms with van der Waals surface area (Å²) >= 11 is 0. The van der Waals surface area contributed by atoms with Gasteiger partial charge in [0.2, 0.25) is 0 Å². The van der Waals surface area contributed by atoms with Crippen molar-refractivity contribution < 1.29 is 0 Å². The molecule has 2 rings (SSSR count). The molecule has 0 aromatic carbocycles. The smallest absolute Gasteiger partial charge is 0.0893 e. The Kier molecular flexibility index (Phi) is 1.28. The minimum Gasteiger partial charge on any atom is -0.385 e. The van der Waals surface area contributed by atoms with Gasteiger partial charge in [-0.2, -0.15) is 5.10 Å². The molecule has 0 saturated heterocycles. The molecule has 0 atom stereocenters. The predicted molar refractivity (Wildman–Crippen MR) is 44.7 cm³/mol. The number of aromatic nitrogens is 2. The molecule has 0 radical (unpaired) electrons. The second-order valence-electron chi connectivity index (χ2n) is 2.34. The summed E-state index contributed by atoms with van der Waals surface area (Å²) in [5, 5.41) is 7.21. The van der Waals surface area contributed by atoms with E-state index in [-0.39, 0.29) is 0 Å². The molecule has 0 aliphatic carbocycles. The molecule has 3 nitrogen and oxygen atoms in total. The highest BCUT2D eigenvalue weighted by molar-refractivity contribution is 5.70. The maximum Gasteiger partial charge on any atom is 0.0893 e.